The topological polar surface area (TPSA) is 245 Å². The van der Waals surface area contributed by atoms with Crippen LogP contribution in [-0.2, 0) is 77.5 Å². The van der Waals surface area contributed by atoms with Crippen molar-refractivity contribution in [3.8, 4) is 66.0 Å². The third-order valence-corrected chi connectivity index (χ3v) is 28.7. The number of piperazine rings is 1. The molecule has 0 radical (unpaired) electrons. The fourth-order valence-electron chi connectivity index (χ4n) is 17.4. The van der Waals surface area contributed by atoms with E-state index in [2.05, 4.69) is 155 Å². The first-order valence-corrected chi connectivity index (χ1v) is 50.2. The predicted octanol–water partition coefficient (Wildman–Crippen LogP) is 20.8. The Morgan fingerprint density at radius 3 is 1.16 bits per heavy atom. The second-order valence-electron chi connectivity index (χ2n) is 34.3. The van der Waals surface area contributed by atoms with Crippen LogP contribution >= 0.6 is 68.8 Å². The highest BCUT2D eigenvalue weighted by molar-refractivity contribution is 7.16. The number of hydrogen-bond acceptors (Lipinski definition) is 23. The number of phenols is 4. The Morgan fingerprint density at radius 1 is 0.388 bits per heavy atom. The maximum Gasteiger partial charge on any atom is 0.134 e. The maximum atomic E-state index is 9.71. The van der Waals surface area contributed by atoms with E-state index in [1.807, 2.05) is 132 Å². The van der Waals surface area contributed by atoms with Gasteiger partial charge in [-0.05, 0) is 318 Å². The van der Waals surface area contributed by atoms with Crippen LogP contribution in [0.15, 0.2) is 183 Å². The van der Waals surface area contributed by atoms with Crippen LogP contribution in [0.2, 0.25) is 15.1 Å². The Morgan fingerprint density at radius 2 is 0.767 bits per heavy atom. The molecule has 7 aromatic heterocycles. The molecule has 8 N–H and O–H groups in total. The van der Waals surface area contributed by atoms with E-state index < -0.39 is 0 Å². The van der Waals surface area contributed by atoms with E-state index in [9.17, 15) is 20.4 Å². The summed E-state index contributed by atoms with van der Waals surface area (Å²) < 4.78 is 0. The standard InChI is InChI=1S/C28H36N4O.2C26H33ClN4OS.C23H27ClN4OS/c1-3-32(25-12-15-29-16-13-25)20-23-7-4-8-24(19-23)26-14-17-30-28(31-26)9-5-6-22-10-11-27(33)21(2)18-22;2*1-2-16-31(20-10-13-28-14-11-20)18-21-7-9-25(33-21)23-12-15-29-26(30-23)5-3-4-19-6-8-24(32)22(27)17-19;1-16-14-25-11-12-28(16)15-18-6-8-22(30-18)20-9-10-26-23(27-20)4-2-3-17-5-7-21(29)19(24)13-17/h4,7-8,10-11,14,17-19,25,29,33H,3,5-6,9,12-13,15-16,20H2,1-2H3;2*6-9,12,15,17,20,28,32H,2-5,10-11,13-14,16,18H2,1H3;5-10,13,16,25,29H,2-4,11-12,14-15H2,1H3/t;;;16-/m...0/s1. The Kier molecular flexibility index (Phi) is 38.9. The minimum absolute atomic E-state index is 0.123. The van der Waals surface area contributed by atoms with Crippen molar-refractivity contribution >= 4 is 68.8 Å². The van der Waals surface area contributed by atoms with Gasteiger partial charge in [-0.2, -0.15) is 0 Å². The molecule has 11 heterocycles. The zero-order chi connectivity index (χ0) is 90.1. The van der Waals surface area contributed by atoms with Gasteiger partial charge in [0, 0.05) is 141 Å². The van der Waals surface area contributed by atoms with Gasteiger partial charge in [-0.1, -0.05) is 104 Å². The van der Waals surface area contributed by atoms with Gasteiger partial charge >= 0.3 is 0 Å². The van der Waals surface area contributed by atoms with Gasteiger partial charge in [0.15, 0.2) is 0 Å². The first kappa shape index (κ1) is 97.8. The highest BCUT2D eigenvalue weighted by atomic mass is 35.5. The van der Waals surface area contributed by atoms with Crippen molar-refractivity contribution < 1.29 is 20.4 Å². The predicted molar refractivity (Wildman–Crippen MR) is 532 cm³/mol. The number of aromatic hydroxyl groups is 4. The van der Waals surface area contributed by atoms with Crippen molar-refractivity contribution in [2.24, 2.45) is 0 Å². The SMILES string of the molecule is CCCN(Cc1ccc(-c2ccnc(CCCc3ccc(O)c(Cl)c3)n2)s1)C1CCNCC1.CCCN(Cc1ccc(-c2ccnc(CCCc3ccc(O)c(Cl)c3)n2)s1)C1CCNCC1.CCN(Cc1cccc(-c2ccnc(CCCc3ccc(O)c(C)c3)n2)c1)C1CCNCC1.C[C@H]1CNCCN1Cc1ccc(-c2ccnc(CCCc3ccc(O)c(Cl)c3)n2)s1. The van der Waals surface area contributed by atoms with Crippen LogP contribution in [0.1, 0.15) is 176 Å². The molecule has 5 aromatic carbocycles. The molecular weight excluding hydrogens is 1730 g/mol. The number of benzene rings is 5. The number of nitrogens with zero attached hydrogens (tertiary/aromatic N) is 12. The lowest BCUT2D eigenvalue weighted by atomic mass is 10.0. The van der Waals surface area contributed by atoms with E-state index in [4.69, 9.17) is 54.7 Å². The second-order valence-corrected chi connectivity index (χ2v) is 39.0. The summed E-state index contributed by atoms with van der Waals surface area (Å²) in [7, 11) is 0. The van der Waals surface area contributed by atoms with Gasteiger partial charge in [0.25, 0.3) is 0 Å². The molecule has 4 saturated heterocycles. The van der Waals surface area contributed by atoms with Crippen LogP contribution in [0.3, 0.4) is 0 Å². The summed E-state index contributed by atoms with van der Waals surface area (Å²) in [6, 6.07) is 54.8. The number of halogens is 3. The molecule has 0 amide bonds. The summed E-state index contributed by atoms with van der Waals surface area (Å²) in [5, 5.41) is 53.5. The Labute approximate surface area is 790 Å². The minimum atomic E-state index is 0.123. The molecule has 0 unspecified atom stereocenters. The summed E-state index contributed by atoms with van der Waals surface area (Å²) >= 11 is 23.5. The van der Waals surface area contributed by atoms with Crippen molar-refractivity contribution in [2.45, 2.75) is 213 Å². The molecular formula is C103H129Cl3N16O4S3. The van der Waals surface area contributed by atoms with Gasteiger partial charge < -0.3 is 41.7 Å². The molecule has 26 heteroatoms. The summed E-state index contributed by atoms with van der Waals surface area (Å²) in [5.41, 5.74) is 12.0. The molecule has 684 valence electrons. The number of thiophene rings is 3. The van der Waals surface area contributed by atoms with Crippen LogP contribution < -0.4 is 21.3 Å². The summed E-state index contributed by atoms with van der Waals surface area (Å²) in [4.78, 5) is 55.5. The minimum Gasteiger partial charge on any atom is -0.508 e. The molecule has 20 nitrogen and oxygen atoms in total. The number of aryl methyl sites for hydroxylation is 9. The van der Waals surface area contributed by atoms with Gasteiger partial charge in [-0.25, -0.2) is 39.9 Å². The summed E-state index contributed by atoms with van der Waals surface area (Å²) in [6.07, 6.45) is 27.9. The summed E-state index contributed by atoms with van der Waals surface area (Å²) in [5.74, 6) is 4.22. The number of rotatable bonds is 36. The Balaban J connectivity index is 0.000000147. The van der Waals surface area contributed by atoms with Crippen molar-refractivity contribution in [3.63, 3.8) is 0 Å². The van der Waals surface area contributed by atoms with Gasteiger partial charge in [0.2, 0.25) is 0 Å². The molecule has 4 fully saturated rings. The average molecular weight is 1860 g/mol. The molecule has 16 rings (SSSR count). The van der Waals surface area contributed by atoms with Gasteiger partial charge in [0.1, 0.15) is 46.3 Å². The lowest BCUT2D eigenvalue weighted by molar-refractivity contribution is 0.155. The molecule has 4 aliphatic heterocycles. The van der Waals surface area contributed by atoms with Gasteiger partial charge in [-0.15, -0.1) is 34.0 Å². The van der Waals surface area contributed by atoms with E-state index in [0.29, 0.717) is 45.0 Å². The third-order valence-electron chi connectivity index (χ3n) is 24.6. The fourth-order valence-corrected chi connectivity index (χ4v) is 21.0. The number of piperidine rings is 3. The highest BCUT2D eigenvalue weighted by Gasteiger charge is 2.26. The molecule has 0 spiro atoms. The number of aromatic nitrogens is 8. The molecule has 0 saturated carbocycles. The van der Waals surface area contributed by atoms with E-state index in [-0.39, 0.29) is 17.2 Å². The van der Waals surface area contributed by atoms with Crippen LogP contribution in [0.4, 0.5) is 0 Å². The highest BCUT2D eigenvalue weighted by Crippen LogP contribution is 2.35. The Hall–Kier alpha value is -8.73. The molecule has 0 bridgehead atoms. The van der Waals surface area contributed by atoms with Gasteiger partial charge in [0.05, 0.1) is 52.5 Å². The van der Waals surface area contributed by atoms with Crippen molar-refractivity contribution in [3.05, 3.63) is 269 Å². The third kappa shape index (κ3) is 30.7. The van der Waals surface area contributed by atoms with Crippen molar-refractivity contribution in [1.82, 2.24) is 80.7 Å². The number of nitrogens with one attached hydrogen (secondary N) is 4. The molecule has 1 atom stereocenters. The number of phenolic OH excluding ortho intramolecular Hbond substituents is 4. The molecule has 4 aliphatic rings. The fraction of sp³-hybridized carbons (Fsp3) is 0.437. The average Bonchev–Trinajstić information content (AvgIpc) is 1.63. The maximum absolute atomic E-state index is 9.71. The van der Waals surface area contributed by atoms with E-state index in [1.54, 1.807) is 24.3 Å². The van der Waals surface area contributed by atoms with E-state index >= 15 is 0 Å². The largest absolute Gasteiger partial charge is 0.508 e. The van der Waals surface area contributed by atoms with Crippen molar-refractivity contribution in [1.29, 1.82) is 0 Å². The van der Waals surface area contributed by atoms with Crippen molar-refractivity contribution in [2.75, 3.05) is 78.5 Å². The normalized spacial score (nSPS) is 15.3. The zero-order valence-electron chi connectivity index (χ0n) is 75.6. The van der Waals surface area contributed by atoms with E-state index in [1.165, 1.54) is 91.8 Å². The number of hydrogen-bond donors (Lipinski definition) is 8. The van der Waals surface area contributed by atoms with Crippen LogP contribution in [-0.4, -0.2) is 183 Å². The lowest BCUT2D eigenvalue weighted by Gasteiger charge is -2.34. The zero-order valence-corrected chi connectivity index (χ0v) is 80.3. The van der Waals surface area contributed by atoms with Crippen LogP contribution in [0, 0.1) is 6.92 Å². The molecule has 0 aliphatic carbocycles. The first-order valence-electron chi connectivity index (χ1n) is 46.6. The first-order chi connectivity index (χ1) is 62.9. The van der Waals surface area contributed by atoms with Crippen LogP contribution in [0.25, 0.3) is 43.0 Å². The Bertz CT molecular complexity index is 5260. The molecule has 129 heavy (non-hydrogen) atoms. The summed E-state index contributed by atoms with van der Waals surface area (Å²) in [6.45, 7) is 28.4. The smallest absolute Gasteiger partial charge is 0.134 e. The van der Waals surface area contributed by atoms with Crippen LogP contribution in [0.5, 0.6) is 23.0 Å². The van der Waals surface area contributed by atoms with E-state index in [0.717, 1.165) is 256 Å². The quantitative estimate of drug-likeness (QED) is 0.0182. The molecule has 12 aromatic rings. The lowest BCUT2D eigenvalue weighted by Crippen LogP contribution is -2.49. The monoisotopic (exact) mass is 1850 g/mol. The second kappa shape index (κ2) is 51.3. The van der Waals surface area contributed by atoms with Gasteiger partial charge in [-0.3, -0.25) is 19.6 Å².